The topological polar surface area (TPSA) is 0 Å². The third-order valence-electron chi connectivity index (χ3n) is 3.39. The number of aryl methyl sites for hydroxylation is 1. The van der Waals surface area contributed by atoms with Crippen LogP contribution in [-0.2, 0) is 0 Å². The standard InChI is InChI=1S/C15H14.2C2H6/c1-10-7-8-14-13-6-4-3-5-12(13)11(2)15(14)9-10;2*1-2/h3-9,11H,1-2H3;2*1-2H3. The van der Waals surface area contributed by atoms with E-state index >= 15 is 0 Å². The third-order valence-corrected chi connectivity index (χ3v) is 3.39. The van der Waals surface area contributed by atoms with Crippen LogP contribution >= 0.6 is 0 Å². The van der Waals surface area contributed by atoms with Gasteiger partial charge in [-0.1, -0.05) is 82.6 Å². The van der Waals surface area contributed by atoms with E-state index in [4.69, 9.17) is 0 Å². The van der Waals surface area contributed by atoms with E-state index in [9.17, 15) is 0 Å². The van der Waals surface area contributed by atoms with E-state index in [1.54, 1.807) is 0 Å². The van der Waals surface area contributed by atoms with Crippen LogP contribution in [0.5, 0.6) is 0 Å². The maximum absolute atomic E-state index is 2.32. The van der Waals surface area contributed by atoms with E-state index in [1.807, 2.05) is 27.7 Å². The summed E-state index contributed by atoms with van der Waals surface area (Å²) in [4.78, 5) is 0. The van der Waals surface area contributed by atoms with Gasteiger partial charge >= 0.3 is 0 Å². The molecule has 2 aromatic rings. The second-order valence-electron chi connectivity index (χ2n) is 4.40. The zero-order valence-corrected chi connectivity index (χ0v) is 13.1. The van der Waals surface area contributed by atoms with Crippen LogP contribution < -0.4 is 0 Å². The Kier molecular flexibility index (Phi) is 5.82. The molecule has 0 aromatic heterocycles. The van der Waals surface area contributed by atoms with Crippen molar-refractivity contribution in [3.05, 3.63) is 59.2 Å². The maximum Gasteiger partial charge on any atom is 0.00734 e. The minimum absolute atomic E-state index is 0.552. The molecular weight excluding hydrogens is 228 g/mol. The SMILES string of the molecule is CC.CC.Cc1ccc2c(c1)C(C)c1ccccc1-2. The Bertz CT molecular complexity index is 523. The van der Waals surface area contributed by atoms with Crippen molar-refractivity contribution in [1.82, 2.24) is 0 Å². The summed E-state index contributed by atoms with van der Waals surface area (Å²) in [6, 6.07) is 15.5. The molecule has 0 saturated carbocycles. The Morgan fingerprint density at radius 2 is 1.32 bits per heavy atom. The first-order valence-corrected chi connectivity index (χ1v) is 7.47. The van der Waals surface area contributed by atoms with Gasteiger partial charge in [0.1, 0.15) is 0 Å². The molecule has 0 fully saturated rings. The monoisotopic (exact) mass is 254 g/mol. The smallest absolute Gasteiger partial charge is 0.00734 e. The van der Waals surface area contributed by atoms with Crippen molar-refractivity contribution < 1.29 is 0 Å². The zero-order valence-electron chi connectivity index (χ0n) is 13.1. The molecule has 0 heterocycles. The lowest BCUT2D eigenvalue weighted by Crippen LogP contribution is -1.89. The molecule has 0 amide bonds. The summed E-state index contributed by atoms with van der Waals surface area (Å²) in [5.41, 5.74) is 7.14. The van der Waals surface area contributed by atoms with E-state index in [2.05, 4.69) is 56.3 Å². The highest BCUT2D eigenvalue weighted by Crippen LogP contribution is 2.44. The van der Waals surface area contributed by atoms with Gasteiger partial charge in [-0.05, 0) is 29.2 Å². The summed E-state index contributed by atoms with van der Waals surface area (Å²) in [5.74, 6) is 0.552. The van der Waals surface area contributed by atoms with Crippen LogP contribution in [0.25, 0.3) is 11.1 Å². The van der Waals surface area contributed by atoms with Crippen LogP contribution in [0.3, 0.4) is 0 Å². The fourth-order valence-corrected chi connectivity index (χ4v) is 2.57. The summed E-state index contributed by atoms with van der Waals surface area (Å²) in [7, 11) is 0. The van der Waals surface area contributed by atoms with Gasteiger partial charge in [0.05, 0.1) is 0 Å². The average molecular weight is 254 g/mol. The summed E-state index contributed by atoms with van der Waals surface area (Å²) in [6.07, 6.45) is 0. The molecule has 102 valence electrons. The molecule has 1 aliphatic rings. The molecule has 0 heteroatoms. The predicted octanol–water partition coefficient (Wildman–Crippen LogP) is 6.18. The van der Waals surface area contributed by atoms with E-state index in [-0.39, 0.29) is 0 Å². The molecule has 1 aliphatic carbocycles. The maximum atomic E-state index is 2.32. The van der Waals surface area contributed by atoms with Crippen molar-refractivity contribution in [1.29, 1.82) is 0 Å². The Morgan fingerprint density at radius 1 is 0.737 bits per heavy atom. The lowest BCUT2D eigenvalue weighted by Gasteiger charge is -2.06. The first kappa shape index (κ1) is 15.5. The fourth-order valence-electron chi connectivity index (χ4n) is 2.57. The molecular formula is C19H26. The molecule has 0 bridgehead atoms. The van der Waals surface area contributed by atoms with Gasteiger partial charge in [0.25, 0.3) is 0 Å². The summed E-state index contributed by atoms with van der Waals surface area (Å²) < 4.78 is 0. The van der Waals surface area contributed by atoms with E-state index in [1.165, 1.54) is 27.8 Å². The molecule has 0 radical (unpaired) electrons. The molecule has 1 unspecified atom stereocenters. The molecule has 0 N–H and O–H groups in total. The van der Waals surface area contributed by atoms with Crippen LogP contribution in [0.15, 0.2) is 42.5 Å². The van der Waals surface area contributed by atoms with Gasteiger partial charge in [-0.2, -0.15) is 0 Å². The molecule has 3 rings (SSSR count). The van der Waals surface area contributed by atoms with Crippen molar-refractivity contribution in [2.45, 2.75) is 47.5 Å². The van der Waals surface area contributed by atoms with Gasteiger partial charge < -0.3 is 0 Å². The van der Waals surface area contributed by atoms with E-state index in [0.29, 0.717) is 5.92 Å². The highest BCUT2D eigenvalue weighted by molar-refractivity contribution is 5.78. The van der Waals surface area contributed by atoms with Crippen LogP contribution in [0.2, 0.25) is 0 Å². The molecule has 0 aliphatic heterocycles. The number of hydrogen-bond donors (Lipinski definition) is 0. The molecule has 1 atom stereocenters. The van der Waals surface area contributed by atoms with Crippen LogP contribution in [0.4, 0.5) is 0 Å². The van der Waals surface area contributed by atoms with Gasteiger partial charge in [-0.3, -0.25) is 0 Å². The van der Waals surface area contributed by atoms with E-state index < -0.39 is 0 Å². The van der Waals surface area contributed by atoms with Crippen molar-refractivity contribution in [2.24, 2.45) is 0 Å². The van der Waals surface area contributed by atoms with Crippen LogP contribution in [-0.4, -0.2) is 0 Å². The van der Waals surface area contributed by atoms with Crippen molar-refractivity contribution >= 4 is 0 Å². The van der Waals surface area contributed by atoms with Crippen molar-refractivity contribution in [3.63, 3.8) is 0 Å². The normalized spacial score (nSPS) is 14.3. The fraction of sp³-hybridized carbons (Fsp3) is 0.368. The number of fused-ring (bicyclic) bond motifs is 3. The first-order valence-electron chi connectivity index (χ1n) is 7.47. The molecule has 19 heavy (non-hydrogen) atoms. The van der Waals surface area contributed by atoms with Gasteiger partial charge in [-0.15, -0.1) is 0 Å². The molecule has 0 spiro atoms. The third kappa shape index (κ3) is 2.89. The molecule has 2 aromatic carbocycles. The molecule has 0 nitrogen and oxygen atoms in total. The summed E-state index contributed by atoms with van der Waals surface area (Å²) in [6.45, 7) is 12.5. The number of benzene rings is 2. The van der Waals surface area contributed by atoms with Gasteiger partial charge in [-0.25, -0.2) is 0 Å². The largest absolute Gasteiger partial charge is 0.0683 e. The Balaban J connectivity index is 0.000000415. The number of hydrogen-bond acceptors (Lipinski definition) is 0. The number of rotatable bonds is 0. The predicted molar refractivity (Wildman–Crippen MR) is 86.8 cm³/mol. The Labute approximate surface area is 118 Å². The lowest BCUT2D eigenvalue weighted by atomic mass is 9.98. The summed E-state index contributed by atoms with van der Waals surface area (Å²) in [5, 5.41) is 0. The quantitative estimate of drug-likeness (QED) is 0.526. The lowest BCUT2D eigenvalue weighted by molar-refractivity contribution is 0.954. The molecule has 0 saturated heterocycles. The van der Waals surface area contributed by atoms with Crippen LogP contribution in [0, 0.1) is 6.92 Å². The van der Waals surface area contributed by atoms with Crippen LogP contribution in [0.1, 0.15) is 57.2 Å². The Morgan fingerprint density at radius 3 is 2.00 bits per heavy atom. The van der Waals surface area contributed by atoms with Gasteiger partial charge in [0, 0.05) is 5.92 Å². The highest BCUT2D eigenvalue weighted by atomic mass is 14.3. The summed E-state index contributed by atoms with van der Waals surface area (Å²) >= 11 is 0. The zero-order chi connectivity index (χ0) is 14.4. The van der Waals surface area contributed by atoms with Gasteiger partial charge in [0.2, 0.25) is 0 Å². The van der Waals surface area contributed by atoms with Crippen molar-refractivity contribution in [2.75, 3.05) is 0 Å². The minimum atomic E-state index is 0.552. The highest BCUT2D eigenvalue weighted by Gasteiger charge is 2.24. The second-order valence-corrected chi connectivity index (χ2v) is 4.40. The van der Waals surface area contributed by atoms with Gasteiger partial charge in [0.15, 0.2) is 0 Å². The first-order chi connectivity index (χ1) is 9.27. The minimum Gasteiger partial charge on any atom is -0.0683 e. The average Bonchev–Trinajstić information content (AvgIpc) is 2.77. The van der Waals surface area contributed by atoms with E-state index in [0.717, 1.165) is 0 Å². The second kappa shape index (κ2) is 7.13. The Hall–Kier alpha value is -1.56. The van der Waals surface area contributed by atoms with Crippen molar-refractivity contribution in [3.8, 4) is 11.1 Å².